The van der Waals surface area contributed by atoms with Crippen molar-refractivity contribution in [2.45, 2.75) is 13.5 Å². The number of nitrogens with one attached hydrogen (secondary N) is 1. The van der Waals surface area contributed by atoms with Gasteiger partial charge >= 0.3 is 0 Å². The molecule has 0 atom stereocenters. The number of hydrogen-bond acceptors (Lipinski definition) is 6. The van der Waals surface area contributed by atoms with E-state index in [1.54, 1.807) is 0 Å². The van der Waals surface area contributed by atoms with Crippen molar-refractivity contribution in [3.63, 3.8) is 0 Å². The number of fused-ring (bicyclic) bond motifs is 2. The second kappa shape index (κ2) is 5.81. The van der Waals surface area contributed by atoms with Gasteiger partial charge in [0.15, 0.2) is 23.6 Å². The third kappa shape index (κ3) is 2.62. The van der Waals surface area contributed by atoms with E-state index in [1.807, 2.05) is 43.3 Å². The number of carbonyl (C=O) groups is 1. The molecule has 3 aromatic rings. The fourth-order valence-electron chi connectivity index (χ4n) is 2.68. The van der Waals surface area contributed by atoms with E-state index in [2.05, 4.69) is 15.3 Å². The number of aldehydes is 1. The van der Waals surface area contributed by atoms with Crippen LogP contribution in [0.5, 0.6) is 11.5 Å². The molecule has 0 saturated carbocycles. The molecule has 120 valence electrons. The van der Waals surface area contributed by atoms with Gasteiger partial charge in [0.2, 0.25) is 6.79 Å². The van der Waals surface area contributed by atoms with E-state index in [0.29, 0.717) is 18.6 Å². The molecule has 1 aliphatic rings. The number of hydrogen-bond donors (Lipinski definition) is 1. The van der Waals surface area contributed by atoms with Crippen molar-refractivity contribution in [2.75, 3.05) is 12.1 Å². The van der Waals surface area contributed by atoms with Crippen molar-refractivity contribution in [3.05, 3.63) is 53.3 Å². The van der Waals surface area contributed by atoms with E-state index in [0.717, 1.165) is 33.5 Å². The summed E-state index contributed by atoms with van der Waals surface area (Å²) in [4.78, 5) is 19.6. The number of anilines is 1. The Hall–Kier alpha value is -3.15. The van der Waals surface area contributed by atoms with Gasteiger partial charge in [0.05, 0.1) is 5.52 Å². The number of carbonyl (C=O) groups excluding carboxylic acids is 1. The van der Waals surface area contributed by atoms with Crippen LogP contribution in [0.15, 0.2) is 36.4 Å². The molecule has 0 unspecified atom stereocenters. The first kappa shape index (κ1) is 14.4. The molecule has 0 bridgehead atoms. The smallest absolute Gasteiger partial charge is 0.231 e. The van der Waals surface area contributed by atoms with Gasteiger partial charge in [0.25, 0.3) is 0 Å². The maximum Gasteiger partial charge on any atom is 0.231 e. The molecule has 2 heterocycles. The zero-order valence-electron chi connectivity index (χ0n) is 13.1. The number of benzene rings is 2. The lowest BCUT2D eigenvalue weighted by atomic mass is 10.1. The van der Waals surface area contributed by atoms with Gasteiger partial charge in [-0.2, -0.15) is 0 Å². The predicted octanol–water partition coefficient (Wildman–Crippen LogP) is 3.09. The van der Waals surface area contributed by atoms with Crippen LogP contribution in [0.25, 0.3) is 10.9 Å². The monoisotopic (exact) mass is 321 g/mol. The van der Waals surface area contributed by atoms with Crippen LogP contribution in [-0.4, -0.2) is 23.0 Å². The zero-order chi connectivity index (χ0) is 16.5. The second-order valence-corrected chi connectivity index (χ2v) is 5.61. The molecule has 0 aliphatic carbocycles. The number of ether oxygens (including phenoxy) is 2. The van der Waals surface area contributed by atoms with Gasteiger partial charge in [0.1, 0.15) is 5.82 Å². The molecular formula is C18H15N3O3. The Morgan fingerprint density at radius 2 is 2.00 bits per heavy atom. The fourth-order valence-corrected chi connectivity index (χ4v) is 2.68. The van der Waals surface area contributed by atoms with E-state index in [9.17, 15) is 4.79 Å². The van der Waals surface area contributed by atoms with Crippen LogP contribution in [0.4, 0.5) is 5.82 Å². The van der Waals surface area contributed by atoms with Gasteiger partial charge < -0.3 is 14.8 Å². The number of aromatic nitrogens is 2. The molecule has 1 N–H and O–H groups in total. The Morgan fingerprint density at radius 3 is 2.88 bits per heavy atom. The van der Waals surface area contributed by atoms with Gasteiger partial charge in [-0.25, -0.2) is 9.97 Å². The maximum atomic E-state index is 11.1. The van der Waals surface area contributed by atoms with Gasteiger partial charge in [-0.3, -0.25) is 4.79 Å². The van der Waals surface area contributed by atoms with Crippen molar-refractivity contribution in [3.8, 4) is 11.5 Å². The number of nitrogens with zero attached hydrogens (tertiary/aromatic N) is 2. The molecule has 2 aromatic carbocycles. The van der Waals surface area contributed by atoms with Crippen molar-refractivity contribution >= 4 is 23.0 Å². The van der Waals surface area contributed by atoms with Crippen molar-refractivity contribution < 1.29 is 14.3 Å². The van der Waals surface area contributed by atoms with E-state index in [1.165, 1.54) is 0 Å². The summed E-state index contributed by atoms with van der Waals surface area (Å²) in [7, 11) is 0. The molecule has 6 heteroatoms. The number of rotatable bonds is 4. The Kier molecular flexibility index (Phi) is 3.49. The minimum absolute atomic E-state index is 0.166. The molecule has 0 spiro atoms. The van der Waals surface area contributed by atoms with Crippen molar-refractivity contribution in [2.24, 2.45) is 0 Å². The number of aryl methyl sites for hydroxylation is 1. The van der Waals surface area contributed by atoms with E-state index < -0.39 is 0 Å². The molecular weight excluding hydrogens is 306 g/mol. The van der Waals surface area contributed by atoms with Crippen LogP contribution in [0.1, 0.15) is 21.7 Å². The van der Waals surface area contributed by atoms with Gasteiger partial charge in [-0.1, -0.05) is 17.7 Å². The Labute approximate surface area is 138 Å². The Balaban J connectivity index is 1.66. The van der Waals surface area contributed by atoms with Gasteiger partial charge in [-0.15, -0.1) is 0 Å². The molecule has 1 aromatic heterocycles. The minimum Gasteiger partial charge on any atom is -0.454 e. The van der Waals surface area contributed by atoms with Crippen LogP contribution in [-0.2, 0) is 6.54 Å². The fraction of sp³-hybridized carbons (Fsp3) is 0.167. The van der Waals surface area contributed by atoms with Crippen LogP contribution >= 0.6 is 0 Å². The predicted molar refractivity (Wildman–Crippen MR) is 89.6 cm³/mol. The highest BCUT2D eigenvalue weighted by Crippen LogP contribution is 2.32. The quantitative estimate of drug-likeness (QED) is 0.744. The summed E-state index contributed by atoms with van der Waals surface area (Å²) < 4.78 is 10.7. The van der Waals surface area contributed by atoms with Crippen LogP contribution in [0, 0.1) is 6.92 Å². The third-order valence-electron chi connectivity index (χ3n) is 3.87. The van der Waals surface area contributed by atoms with Gasteiger partial charge in [0, 0.05) is 11.9 Å². The Bertz CT molecular complexity index is 940. The third-order valence-corrected chi connectivity index (χ3v) is 3.87. The van der Waals surface area contributed by atoms with Crippen LogP contribution in [0.2, 0.25) is 0 Å². The topological polar surface area (TPSA) is 73.3 Å². The normalized spacial score (nSPS) is 12.4. The highest BCUT2D eigenvalue weighted by Gasteiger charge is 2.13. The summed E-state index contributed by atoms with van der Waals surface area (Å²) in [5.74, 6) is 2.30. The first-order chi connectivity index (χ1) is 11.7. The summed E-state index contributed by atoms with van der Waals surface area (Å²) in [6, 6.07) is 11.7. The first-order valence-corrected chi connectivity index (χ1v) is 7.59. The van der Waals surface area contributed by atoms with E-state index in [-0.39, 0.29) is 12.6 Å². The standard InChI is InChI=1S/C18H15N3O3/c1-11-2-4-14-13(6-11)18(21-17(9-22)20-14)19-8-12-3-5-15-16(7-12)24-10-23-15/h2-7,9H,8,10H2,1H3,(H,19,20,21). The van der Waals surface area contributed by atoms with Crippen LogP contribution in [0.3, 0.4) is 0 Å². The van der Waals surface area contributed by atoms with Crippen molar-refractivity contribution in [1.29, 1.82) is 0 Å². The molecule has 0 amide bonds. The molecule has 24 heavy (non-hydrogen) atoms. The van der Waals surface area contributed by atoms with E-state index >= 15 is 0 Å². The van der Waals surface area contributed by atoms with Crippen LogP contribution < -0.4 is 14.8 Å². The zero-order valence-corrected chi connectivity index (χ0v) is 13.1. The lowest BCUT2D eigenvalue weighted by Crippen LogP contribution is -2.05. The molecule has 0 radical (unpaired) electrons. The minimum atomic E-state index is 0.166. The summed E-state index contributed by atoms with van der Waals surface area (Å²) in [5.41, 5.74) is 2.88. The molecule has 1 aliphatic heterocycles. The molecule has 4 rings (SSSR count). The summed E-state index contributed by atoms with van der Waals surface area (Å²) in [6.07, 6.45) is 0.658. The molecule has 0 fully saturated rings. The summed E-state index contributed by atoms with van der Waals surface area (Å²) in [5, 5.41) is 4.18. The average Bonchev–Trinajstić information content (AvgIpc) is 3.07. The Morgan fingerprint density at radius 1 is 1.12 bits per heavy atom. The second-order valence-electron chi connectivity index (χ2n) is 5.61. The lowest BCUT2D eigenvalue weighted by molar-refractivity contribution is 0.111. The lowest BCUT2D eigenvalue weighted by Gasteiger charge is -2.10. The summed E-state index contributed by atoms with van der Waals surface area (Å²) >= 11 is 0. The van der Waals surface area contributed by atoms with E-state index in [4.69, 9.17) is 9.47 Å². The maximum absolute atomic E-state index is 11.1. The highest BCUT2D eigenvalue weighted by atomic mass is 16.7. The molecule has 6 nitrogen and oxygen atoms in total. The van der Waals surface area contributed by atoms with Gasteiger partial charge in [-0.05, 0) is 36.8 Å². The first-order valence-electron chi connectivity index (χ1n) is 7.59. The SMILES string of the molecule is Cc1ccc2nc(C=O)nc(NCc3ccc4c(c3)OCO4)c2c1. The summed E-state index contributed by atoms with van der Waals surface area (Å²) in [6.45, 7) is 2.81. The molecule has 0 saturated heterocycles. The van der Waals surface area contributed by atoms with Crippen molar-refractivity contribution in [1.82, 2.24) is 9.97 Å². The largest absolute Gasteiger partial charge is 0.454 e. The highest BCUT2D eigenvalue weighted by molar-refractivity contribution is 5.91. The average molecular weight is 321 g/mol.